The third kappa shape index (κ3) is 2.79. The van der Waals surface area contributed by atoms with Crippen molar-refractivity contribution in [2.45, 2.75) is 27.2 Å². The first-order valence-electron chi connectivity index (χ1n) is 4.29. The number of esters is 1. The van der Waals surface area contributed by atoms with Gasteiger partial charge < -0.3 is 4.74 Å². The maximum atomic E-state index is 11.5. The fourth-order valence-electron chi connectivity index (χ4n) is 0.923. The van der Waals surface area contributed by atoms with Gasteiger partial charge in [0.1, 0.15) is 11.2 Å². The molecule has 0 aliphatic carbocycles. The van der Waals surface area contributed by atoms with E-state index < -0.39 is 11.4 Å². The fraction of sp³-hybridized carbons (Fsp3) is 0.778. The smallest absolute Gasteiger partial charge is 0.320 e. The van der Waals surface area contributed by atoms with Gasteiger partial charge in [-0.25, -0.2) is 0 Å². The summed E-state index contributed by atoms with van der Waals surface area (Å²) in [7, 11) is 0. The highest BCUT2D eigenvalue weighted by molar-refractivity contribution is 9.09. The number of hydrogen-bond donors (Lipinski definition) is 0. The Morgan fingerprint density at radius 3 is 2.23 bits per heavy atom. The van der Waals surface area contributed by atoms with Crippen molar-refractivity contribution >= 4 is 27.7 Å². The van der Waals surface area contributed by atoms with Gasteiger partial charge in [-0.3, -0.25) is 9.59 Å². The number of alkyl halides is 1. The first kappa shape index (κ1) is 12.6. The normalized spacial score (nSPS) is 14.8. The van der Waals surface area contributed by atoms with Crippen molar-refractivity contribution in [2.24, 2.45) is 5.41 Å². The molecule has 0 spiro atoms. The van der Waals surface area contributed by atoms with Crippen LogP contribution in [-0.2, 0) is 14.3 Å². The molecule has 3 nitrogen and oxygen atoms in total. The van der Waals surface area contributed by atoms with Crippen molar-refractivity contribution in [1.29, 1.82) is 0 Å². The van der Waals surface area contributed by atoms with Gasteiger partial charge in [-0.2, -0.15) is 0 Å². The van der Waals surface area contributed by atoms with Gasteiger partial charge in [-0.05, 0) is 13.8 Å². The van der Waals surface area contributed by atoms with Crippen molar-refractivity contribution in [1.82, 2.24) is 0 Å². The lowest BCUT2D eigenvalue weighted by atomic mass is 9.87. The minimum atomic E-state index is -1.02. The van der Waals surface area contributed by atoms with E-state index in [1.54, 1.807) is 20.8 Å². The van der Waals surface area contributed by atoms with Gasteiger partial charge in [-0.15, -0.1) is 0 Å². The highest BCUT2D eigenvalue weighted by Crippen LogP contribution is 2.24. The summed E-state index contributed by atoms with van der Waals surface area (Å²) in [6.07, 6.45) is 0.348. The minimum Gasteiger partial charge on any atom is -0.465 e. The van der Waals surface area contributed by atoms with E-state index in [4.69, 9.17) is 4.74 Å². The summed E-state index contributed by atoms with van der Waals surface area (Å²) in [5.74, 6) is -0.540. The molecule has 0 saturated heterocycles. The summed E-state index contributed by atoms with van der Waals surface area (Å²) >= 11 is 3.16. The lowest BCUT2D eigenvalue weighted by Crippen LogP contribution is -2.39. The Bertz CT molecular complexity index is 203. The number of carbonyl (C=O) groups excluding carboxylic acids is 2. The van der Waals surface area contributed by atoms with Gasteiger partial charge in [0.05, 0.1) is 6.61 Å². The van der Waals surface area contributed by atoms with E-state index in [2.05, 4.69) is 15.9 Å². The van der Waals surface area contributed by atoms with E-state index in [0.29, 0.717) is 18.4 Å². The number of ether oxygens (including phenoxy) is 1. The number of hydrogen-bond acceptors (Lipinski definition) is 3. The number of halogens is 1. The molecule has 0 heterocycles. The Hall–Kier alpha value is -0.380. The molecule has 0 aromatic carbocycles. The zero-order valence-electron chi connectivity index (χ0n) is 8.22. The Balaban J connectivity index is 4.61. The van der Waals surface area contributed by atoms with Gasteiger partial charge in [0.25, 0.3) is 0 Å². The number of Topliss-reactive ketones (excluding diaryl/α,β-unsaturated/α-hetero) is 1. The van der Waals surface area contributed by atoms with Gasteiger partial charge in [0.2, 0.25) is 0 Å². The summed E-state index contributed by atoms with van der Waals surface area (Å²) in [4.78, 5) is 22.9. The van der Waals surface area contributed by atoms with Crippen LogP contribution in [0.15, 0.2) is 0 Å². The van der Waals surface area contributed by atoms with Gasteiger partial charge in [0, 0.05) is 11.8 Å². The predicted octanol–water partition coefficient (Wildman–Crippen LogP) is 1.93. The SMILES string of the molecule is CCOC(=O)C(C)(CBr)C(=O)CC. The summed E-state index contributed by atoms with van der Waals surface area (Å²) in [6, 6.07) is 0. The molecular weight excluding hydrogens is 236 g/mol. The minimum absolute atomic E-state index is 0.0946. The average molecular weight is 251 g/mol. The van der Waals surface area contributed by atoms with Gasteiger partial charge in [0.15, 0.2) is 0 Å². The molecule has 0 aliphatic heterocycles. The van der Waals surface area contributed by atoms with Crippen LogP contribution >= 0.6 is 15.9 Å². The van der Waals surface area contributed by atoms with Crippen LogP contribution in [0.4, 0.5) is 0 Å². The van der Waals surface area contributed by atoms with E-state index in [0.717, 1.165) is 0 Å². The molecule has 76 valence electrons. The maximum Gasteiger partial charge on any atom is 0.320 e. The second kappa shape index (κ2) is 5.37. The third-order valence-electron chi connectivity index (χ3n) is 1.93. The van der Waals surface area contributed by atoms with Crippen molar-refractivity contribution in [3.05, 3.63) is 0 Å². The Morgan fingerprint density at radius 2 is 1.92 bits per heavy atom. The monoisotopic (exact) mass is 250 g/mol. The molecule has 0 saturated carbocycles. The van der Waals surface area contributed by atoms with Crippen LogP contribution in [0, 0.1) is 5.41 Å². The van der Waals surface area contributed by atoms with Crippen LogP contribution in [0.25, 0.3) is 0 Å². The van der Waals surface area contributed by atoms with E-state index in [-0.39, 0.29) is 5.78 Å². The number of carbonyl (C=O) groups is 2. The van der Waals surface area contributed by atoms with E-state index in [9.17, 15) is 9.59 Å². The standard InChI is InChI=1S/C9H15BrO3/c1-4-7(11)9(3,6-10)8(12)13-5-2/h4-6H2,1-3H3. The molecule has 4 heteroatoms. The molecule has 0 bridgehead atoms. The fourth-order valence-corrected chi connectivity index (χ4v) is 1.47. The number of ketones is 1. The van der Waals surface area contributed by atoms with Crippen LogP contribution in [0.1, 0.15) is 27.2 Å². The van der Waals surface area contributed by atoms with Crippen molar-refractivity contribution in [3.63, 3.8) is 0 Å². The summed E-state index contributed by atoms with van der Waals surface area (Å²) < 4.78 is 4.83. The summed E-state index contributed by atoms with van der Waals surface area (Å²) in [6.45, 7) is 5.37. The first-order valence-corrected chi connectivity index (χ1v) is 5.41. The van der Waals surface area contributed by atoms with Crippen LogP contribution in [0.3, 0.4) is 0 Å². The number of rotatable bonds is 5. The lowest BCUT2D eigenvalue weighted by Gasteiger charge is -2.22. The Kier molecular flexibility index (Phi) is 5.21. The third-order valence-corrected chi connectivity index (χ3v) is 3.05. The molecule has 0 N–H and O–H groups in total. The molecule has 0 amide bonds. The van der Waals surface area contributed by atoms with Gasteiger partial charge >= 0.3 is 5.97 Å². The Morgan fingerprint density at radius 1 is 1.38 bits per heavy atom. The largest absolute Gasteiger partial charge is 0.465 e. The molecule has 1 unspecified atom stereocenters. The summed E-state index contributed by atoms with van der Waals surface area (Å²) in [5.41, 5.74) is -1.02. The molecule has 0 aromatic rings. The topological polar surface area (TPSA) is 43.4 Å². The molecule has 0 rings (SSSR count). The zero-order chi connectivity index (χ0) is 10.5. The zero-order valence-corrected chi connectivity index (χ0v) is 9.81. The molecule has 0 aliphatic rings. The lowest BCUT2D eigenvalue weighted by molar-refractivity contribution is -0.157. The molecule has 0 aromatic heterocycles. The highest BCUT2D eigenvalue weighted by Gasteiger charge is 2.40. The van der Waals surface area contributed by atoms with Gasteiger partial charge in [-0.1, -0.05) is 22.9 Å². The van der Waals surface area contributed by atoms with Crippen molar-refractivity contribution in [3.8, 4) is 0 Å². The van der Waals surface area contributed by atoms with Crippen molar-refractivity contribution in [2.75, 3.05) is 11.9 Å². The summed E-state index contributed by atoms with van der Waals surface area (Å²) in [5, 5.41) is 0.311. The average Bonchev–Trinajstić information content (AvgIpc) is 2.15. The van der Waals surface area contributed by atoms with E-state index in [1.165, 1.54) is 0 Å². The molecular formula is C9H15BrO3. The quantitative estimate of drug-likeness (QED) is 0.426. The van der Waals surface area contributed by atoms with Crippen LogP contribution in [0.5, 0.6) is 0 Å². The Labute approximate surface area is 87.0 Å². The molecule has 13 heavy (non-hydrogen) atoms. The highest BCUT2D eigenvalue weighted by atomic mass is 79.9. The van der Waals surface area contributed by atoms with E-state index >= 15 is 0 Å². The predicted molar refractivity (Wildman–Crippen MR) is 53.8 cm³/mol. The second-order valence-electron chi connectivity index (χ2n) is 2.96. The molecule has 0 radical (unpaired) electrons. The maximum absolute atomic E-state index is 11.5. The molecule has 0 fully saturated rings. The second-order valence-corrected chi connectivity index (χ2v) is 3.52. The molecule has 1 atom stereocenters. The van der Waals surface area contributed by atoms with Crippen LogP contribution in [0.2, 0.25) is 0 Å². The van der Waals surface area contributed by atoms with Crippen LogP contribution in [-0.4, -0.2) is 23.7 Å². The first-order chi connectivity index (χ1) is 6.02. The van der Waals surface area contributed by atoms with Crippen LogP contribution < -0.4 is 0 Å². The van der Waals surface area contributed by atoms with Crippen molar-refractivity contribution < 1.29 is 14.3 Å². The van der Waals surface area contributed by atoms with E-state index in [1.807, 2.05) is 0 Å².